The van der Waals surface area contributed by atoms with Crippen LogP contribution < -0.4 is 5.32 Å². The van der Waals surface area contributed by atoms with Gasteiger partial charge in [0.05, 0.1) is 12.2 Å². The number of carbonyl (C=O) groups is 3. The van der Waals surface area contributed by atoms with Crippen LogP contribution in [0.25, 0.3) is 0 Å². The molecule has 2 heterocycles. The smallest absolute Gasteiger partial charge is 0.331 e. The van der Waals surface area contributed by atoms with Crippen molar-refractivity contribution in [2.24, 2.45) is 0 Å². The van der Waals surface area contributed by atoms with Crippen molar-refractivity contribution in [2.75, 3.05) is 0 Å². The number of amides is 4. The van der Waals surface area contributed by atoms with E-state index in [4.69, 9.17) is 4.52 Å². The molecule has 0 aromatic carbocycles. The summed E-state index contributed by atoms with van der Waals surface area (Å²) < 4.78 is 4.90. The molecule has 16 heavy (non-hydrogen) atoms. The van der Waals surface area contributed by atoms with Gasteiger partial charge < -0.3 is 4.52 Å². The first-order valence-electron chi connectivity index (χ1n) is 4.59. The normalized spacial score (nSPS) is 15.9. The molecule has 2 rings (SSSR count). The van der Waals surface area contributed by atoms with E-state index in [2.05, 4.69) is 5.16 Å². The Morgan fingerprint density at radius 2 is 2.00 bits per heavy atom. The minimum atomic E-state index is -0.906. The van der Waals surface area contributed by atoms with Crippen LogP contribution in [-0.2, 0) is 16.1 Å². The minimum absolute atomic E-state index is 0.00241. The lowest BCUT2D eigenvalue weighted by Gasteiger charge is -2.10. The average molecular weight is 223 g/mol. The highest BCUT2D eigenvalue weighted by Crippen LogP contribution is 2.16. The maximum absolute atomic E-state index is 11.3. The number of nitrogens with one attached hydrogen (secondary N) is 1. The molecule has 1 aromatic heterocycles. The van der Waals surface area contributed by atoms with Crippen LogP contribution in [0.1, 0.15) is 17.0 Å². The highest BCUT2D eigenvalue weighted by atomic mass is 16.5. The van der Waals surface area contributed by atoms with E-state index in [9.17, 15) is 14.4 Å². The zero-order valence-corrected chi connectivity index (χ0v) is 8.73. The second kappa shape index (κ2) is 3.44. The maximum atomic E-state index is 11.3. The van der Waals surface area contributed by atoms with Gasteiger partial charge in [-0.1, -0.05) is 5.16 Å². The molecule has 7 heteroatoms. The SMILES string of the molecule is Cc1noc(C)c1CN1C(=O)NC(=O)C1=O. The van der Waals surface area contributed by atoms with Crippen molar-refractivity contribution < 1.29 is 18.9 Å². The van der Waals surface area contributed by atoms with Crippen molar-refractivity contribution >= 4 is 17.8 Å². The fourth-order valence-corrected chi connectivity index (χ4v) is 1.46. The Morgan fingerprint density at radius 1 is 1.31 bits per heavy atom. The first-order chi connectivity index (χ1) is 7.50. The average Bonchev–Trinajstić information content (AvgIpc) is 2.65. The van der Waals surface area contributed by atoms with Gasteiger partial charge in [-0.3, -0.25) is 19.8 Å². The first kappa shape index (κ1) is 10.3. The van der Waals surface area contributed by atoms with Gasteiger partial charge >= 0.3 is 17.8 Å². The number of nitrogens with zero attached hydrogens (tertiary/aromatic N) is 2. The molecule has 1 N–H and O–H groups in total. The van der Waals surface area contributed by atoms with Gasteiger partial charge in [0.25, 0.3) is 0 Å². The van der Waals surface area contributed by atoms with E-state index < -0.39 is 17.8 Å². The van der Waals surface area contributed by atoms with Crippen molar-refractivity contribution in [3.63, 3.8) is 0 Å². The number of hydrogen-bond acceptors (Lipinski definition) is 5. The van der Waals surface area contributed by atoms with Crippen molar-refractivity contribution in [1.29, 1.82) is 0 Å². The molecular weight excluding hydrogens is 214 g/mol. The molecule has 1 saturated heterocycles. The first-order valence-corrected chi connectivity index (χ1v) is 4.59. The predicted octanol–water partition coefficient (Wildman–Crippen LogP) is -0.130. The number of carbonyl (C=O) groups excluding carboxylic acids is 3. The summed E-state index contributed by atoms with van der Waals surface area (Å²) in [5, 5.41) is 5.61. The van der Waals surface area contributed by atoms with Gasteiger partial charge in [-0.05, 0) is 13.8 Å². The van der Waals surface area contributed by atoms with Crippen LogP contribution in [0, 0.1) is 13.8 Å². The van der Waals surface area contributed by atoms with Crippen LogP contribution in [0.5, 0.6) is 0 Å². The molecule has 0 spiro atoms. The van der Waals surface area contributed by atoms with Gasteiger partial charge in [0.1, 0.15) is 5.76 Å². The molecule has 0 saturated carbocycles. The molecule has 1 aromatic rings. The molecule has 1 aliphatic rings. The molecule has 1 fully saturated rings. The highest BCUT2D eigenvalue weighted by Gasteiger charge is 2.37. The minimum Gasteiger partial charge on any atom is -0.361 e. The molecule has 7 nitrogen and oxygen atoms in total. The van der Waals surface area contributed by atoms with Gasteiger partial charge in [0.15, 0.2) is 0 Å². The standard InChI is InChI=1S/C9H9N3O4/c1-4-6(5(2)16-11-4)3-12-8(14)7(13)10-9(12)15/h3H2,1-2H3,(H,10,13,15). The molecule has 0 bridgehead atoms. The van der Waals surface area contributed by atoms with E-state index in [-0.39, 0.29) is 6.54 Å². The Hall–Kier alpha value is -2.18. The molecule has 0 aliphatic carbocycles. The fourth-order valence-electron chi connectivity index (χ4n) is 1.46. The molecule has 84 valence electrons. The fraction of sp³-hybridized carbons (Fsp3) is 0.333. The summed E-state index contributed by atoms with van der Waals surface area (Å²) in [6.45, 7) is 3.37. The van der Waals surface area contributed by atoms with Gasteiger partial charge in [-0.25, -0.2) is 4.79 Å². The molecule has 1 aliphatic heterocycles. The Morgan fingerprint density at radius 3 is 2.44 bits per heavy atom. The van der Waals surface area contributed by atoms with E-state index in [0.29, 0.717) is 17.0 Å². The number of urea groups is 1. The Bertz CT molecular complexity index is 471. The lowest BCUT2D eigenvalue weighted by Crippen LogP contribution is -2.30. The highest BCUT2D eigenvalue weighted by molar-refractivity contribution is 6.44. The molecule has 0 unspecified atom stereocenters. The van der Waals surface area contributed by atoms with Gasteiger partial charge in [0.2, 0.25) is 0 Å². The Balaban J connectivity index is 2.26. The number of aryl methyl sites for hydroxylation is 2. The second-order valence-corrected chi connectivity index (χ2v) is 3.45. The third-order valence-corrected chi connectivity index (χ3v) is 2.40. The quantitative estimate of drug-likeness (QED) is 0.556. The van der Waals surface area contributed by atoms with Crippen molar-refractivity contribution in [3.05, 3.63) is 17.0 Å². The summed E-state index contributed by atoms with van der Waals surface area (Å²) in [6.07, 6.45) is 0. The van der Waals surface area contributed by atoms with E-state index in [1.54, 1.807) is 13.8 Å². The van der Waals surface area contributed by atoms with E-state index >= 15 is 0 Å². The number of aromatic nitrogens is 1. The largest absolute Gasteiger partial charge is 0.361 e. The third kappa shape index (κ3) is 1.46. The topological polar surface area (TPSA) is 92.5 Å². The van der Waals surface area contributed by atoms with Crippen molar-refractivity contribution in [1.82, 2.24) is 15.4 Å². The molecule has 0 atom stereocenters. The lowest BCUT2D eigenvalue weighted by molar-refractivity contribution is -0.140. The van der Waals surface area contributed by atoms with Crippen LogP contribution >= 0.6 is 0 Å². The van der Waals surface area contributed by atoms with E-state index in [1.165, 1.54) is 0 Å². The van der Waals surface area contributed by atoms with Crippen molar-refractivity contribution in [3.8, 4) is 0 Å². The Kier molecular flexibility index (Phi) is 2.22. The molecule has 4 amide bonds. The van der Waals surface area contributed by atoms with Crippen LogP contribution in [0.4, 0.5) is 4.79 Å². The number of imide groups is 2. The molecule has 0 radical (unpaired) electrons. The van der Waals surface area contributed by atoms with Crippen LogP contribution in [0.3, 0.4) is 0 Å². The number of rotatable bonds is 2. The van der Waals surface area contributed by atoms with Gasteiger partial charge in [-0.2, -0.15) is 0 Å². The Labute approximate surface area is 90.4 Å². The zero-order chi connectivity index (χ0) is 11.9. The van der Waals surface area contributed by atoms with E-state index in [0.717, 1.165) is 4.90 Å². The maximum Gasteiger partial charge on any atom is 0.331 e. The summed E-state index contributed by atoms with van der Waals surface area (Å²) in [4.78, 5) is 34.3. The summed E-state index contributed by atoms with van der Waals surface area (Å²) in [7, 11) is 0. The summed E-state index contributed by atoms with van der Waals surface area (Å²) in [5.74, 6) is -1.24. The van der Waals surface area contributed by atoms with Crippen LogP contribution in [0.15, 0.2) is 4.52 Å². The number of hydrogen-bond donors (Lipinski definition) is 1. The summed E-state index contributed by atoms with van der Waals surface area (Å²) in [6, 6.07) is -0.713. The second-order valence-electron chi connectivity index (χ2n) is 3.45. The van der Waals surface area contributed by atoms with E-state index in [1.807, 2.05) is 5.32 Å². The summed E-state index contributed by atoms with van der Waals surface area (Å²) in [5.41, 5.74) is 1.23. The van der Waals surface area contributed by atoms with Gasteiger partial charge in [-0.15, -0.1) is 0 Å². The molecular formula is C9H9N3O4. The predicted molar refractivity (Wildman–Crippen MR) is 50.1 cm³/mol. The van der Waals surface area contributed by atoms with Crippen LogP contribution in [-0.4, -0.2) is 27.9 Å². The van der Waals surface area contributed by atoms with Crippen LogP contribution in [0.2, 0.25) is 0 Å². The van der Waals surface area contributed by atoms with Crippen molar-refractivity contribution in [2.45, 2.75) is 20.4 Å². The zero-order valence-electron chi connectivity index (χ0n) is 8.73. The third-order valence-electron chi connectivity index (χ3n) is 2.40. The monoisotopic (exact) mass is 223 g/mol. The lowest BCUT2D eigenvalue weighted by atomic mass is 10.2. The van der Waals surface area contributed by atoms with Gasteiger partial charge in [0, 0.05) is 5.56 Å². The summed E-state index contributed by atoms with van der Waals surface area (Å²) >= 11 is 0.